The normalized spacial score (nSPS) is 20.4. The highest BCUT2D eigenvalue weighted by Crippen LogP contribution is 2.37. The molecule has 2 rings (SSSR count). The number of nitrogens with one attached hydrogen (secondary N) is 1. The molecule has 0 heterocycles. The SMILES string of the molecule is CCOc1c(Br)cc(Cl)cc1NC(=O)C[C@@H]1CCC[C@H]1N.Cl. The number of rotatable bonds is 5. The highest BCUT2D eigenvalue weighted by molar-refractivity contribution is 9.10. The fraction of sp³-hybridized carbons (Fsp3) is 0.533. The van der Waals surface area contributed by atoms with Crippen LogP contribution >= 0.6 is 39.9 Å². The van der Waals surface area contributed by atoms with Crippen molar-refractivity contribution in [2.75, 3.05) is 11.9 Å². The molecule has 0 bridgehead atoms. The summed E-state index contributed by atoms with van der Waals surface area (Å²) in [5.41, 5.74) is 6.60. The molecule has 0 aromatic heterocycles. The van der Waals surface area contributed by atoms with E-state index in [1.807, 2.05) is 6.92 Å². The molecule has 124 valence electrons. The van der Waals surface area contributed by atoms with Crippen molar-refractivity contribution in [3.8, 4) is 5.75 Å². The van der Waals surface area contributed by atoms with Gasteiger partial charge < -0.3 is 15.8 Å². The third kappa shape index (κ3) is 5.01. The minimum absolute atomic E-state index is 0. The molecule has 0 radical (unpaired) electrons. The Bertz CT molecular complexity index is 529. The summed E-state index contributed by atoms with van der Waals surface area (Å²) in [6.45, 7) is 2.40. The molecule has 1 aliphatic carbocycles. The van der Waals surface area contributed by atoms with Gasteiger partial charge >= 0.3 is 0 Å². The van der Waals surface area contributed by atoms with Crippen molar-refractivity contribution in [1.82, 2.24) is 0 Å². The number of carbonyl (C=O) groups excluding carboxylic acids is 1. The van der Waals surface area contributed by atoms with Gasteiger partial charge in [0.25, 0.3) is 0 Å². The van der Waals surface area contributed by atoms with Crippen LogP contribution in [0.3, 0.4) is 0 Å². The second-order valence-electron chi connectivity index (χ2n) is 5.30. The number of ether oxygens (including phenoxy) is 1. The van der Waals surface area contributed by atoms with E-state index < -0.39 is 0 Å². The first kappa shape index (κ1) is 19.6. The molecular weight excluding hydrogens is 391 g/mol. The van der Waals surface area contributed by atoms with Crippen LogP contribution in [0.1, 0.15) is 32.6 Å². The minimum Gasteiger partial charge on any atom is -0.491 e. The van der Waals surface area contributed by atoms with Crippen molar-refractivity contribution in [3.05, 3.63) is 21.6 Å². The highest BCUT2D eigenvalue weighted by Gasteiger charge is 2.26. The first-order valence-electron chi connectivity index (χ1n) is 7.18. The van der Waals surface area contributed by atoms with E-state index in [-0.39, 0.29) is 30.3 Å². The third-order valence-electron chi connectivity index (χ3n) is 3.74. The number of hydrogen-bond donors (Lipinski definition) is 2. The Morgan fingerprint density at radius 3 is 2.82 bits per heavy atom. The van der Waals surface area contributed by atoms with Crippen LogP contribution in [-0.2, 0) is 4.79 Å². The van der Waals surface area contributed by atoms with E-state index in [0.29, 0.717) is 29.5 Å². The predicted octanol–water partition coefficient (Wildman–Crippen LogP) is 4.38. The number of hydrogen-bond acceptors (Lipinski definition) is 3. The van der Waals surface area contributed by atoms with Gasteiger partial charge in [0.2, 0.25) is 5.91 Å². The molecule has 1 aromatic rings. The van der Waals surface area contributed by atoms with E-state index in [9.17, 15) is 4.79 Å². The summed E-state index contributed by atoms with van der Waals surface area (Å²) < 4.78 is 6.30. The second kappa shape index (κ2) is 8.96. The summed E-state index contributed by atoms with van der Waals surface area (Å²) in [6, 6.07) is 3.58. The fourth-order valence-electron chi connectivity index (χ4n) is 2.70. The summed E-state index contributed by atoms with van der Waals surface area (Å²) in [5.74, 6) is 0.821. The smallest absolute Gasteiger partial charge is 0.224 e. The van der Waals surface area contributed by atoms with Crippen LogP contribution < -0.4 is 15.8 Å². The van der Waals surface area contributed by atoms with Gasteiger partial charge in [-0.05, 0) is 53.7 Å². The van der Waals surface area contributed by atoms with Gasteiger partial charge in [0.1, 0.15) is 0 Å². The maximum atomic E-state index is 12.2. The standard InChI is InChI=1S/C15H20BrClN2O2.ClH/c1-2-21-15-11(16)7-10(17)8-13(15)19-14(20)6-9-4-3-5-12(9)18;/h7-9,12H,2-6,18H2,1H3,(H,19,20);1H/t9-,12+;/m0./s1. The molecule has 2 atom stereocenters. The lowest BCUT2D eigenvalue weighted by atomic mass is 10.00. The highest BCUT2D eigenvalue weighted by atomic mass is 79.9. The first-order valence-corrected chi connectivity index (χ1v) is 8.35. The quantitative estimate of drug-likeness (QED) is 0.755. The molecular formula is C15H21BrCl2N2O2. The van der Waals surface area contributed by atoms with E-state index in [0.717, 1.165) is 23.7 Å². The molecule has 0 aliphatic heterocycles. The molecule has 0 saturated heterocycles. The molecule has 1 amide bonds. The fourth-order valence-corrected chi connectivity index (χ4v) is 3.63. The molecule has 0 unspecified atom stereocenters. The number of halogens is 3. The lowest BCUT2D eigenvalue weighted by molar-refractivity contribution is -0.117. The molecule has 3 N–H and O–H groups in total. The second-order valence-corrected chi connectivity index (χ2v) is 6.60. The topological polar surface area (TPSA) is 64.3 Å². The Morgan fingerprint density at radius 1 is 1.50 bits per heavy atom. The average Bonchev–Trinajstić information content (AvgIpc) is 2.79. The van der Waals surface area contributed by atoms with Crippen molar-refractivity contribution in [2.45, 2.75) is 38.6 Å². The largest absolute Gasteiger partial charge is 0.491 e. The van der Waals surface area contributed by atoms with Gasteiger partial charge in [-0.1, -0.05) is 18.0 Å². The summed E-state index contributed by atoms with van der Waals surface area (Å²) >= 11 is 9.45. The van der Waals surface area contributed by atoms with E-state index in [1.54, 1.807) is 12.1 Å². The van der Waals surface area contributed by atoms with Crippen molar-refractivity contribution >= 4 is 51.5 Å². The third-order valence-corrected chi connectivity index (χ3v) is 4.54. The maximum absolute atomic E-state index is 12.2. The summed E-state index contributed by atoms with van der Waals surface area (Å²) in [5, 5.41) is 3.43. The molecule has 7 heteroatoms. The van der Waals surface area contributed by atoms with Crippen LogP contribution in [0.4, 0.5) is 5.69 Å². The number of carbonyl (C=O) groups is 1. The Balaban J connectivity index is 0.00000242. The Kier molecular flexibility index (Phi) is 7.97. The van der Waals surface area contributed by atoms with Crippen molar-refractivity contribution in [2.24, 2.45) is 11.7 Å². The summed E-state index contributed by atoms with van der Waals surface area (Å²) in [6.07, 6.45) is 3.57. The molecule has 1 aliphatic rings. The maximum Gasteiger partial charge on any atom is 0.224 e. The van der Waals surface area contributed by atoms with Crippen molar-refractivity contribution in [3.63, 3.8) is 0 Å². The van der Waals surface area contributed by atoms with Crippen LogP contribution in [0, 0.1) is 5.92 Å². The number of amides is 1. The van der Waals surface area contributed by atoms with Crippen LogP contribution in [0.2, 0.25) is 5.02 Å². The van der Waals surface area contributed by atoms with E-state index in [1.165, 1.54) is 0 Å². The molecule has 4 nitrogen and oxygen atoms in total. The zero-order valence-corrected chi connectivity index (χ0v) is 15.6. The Labute approximate surface area is 150 Å². The van der Waals surface area contributed by atoms with Gasteiger partial charge in [0.05, 0.1) is 16.8 Å². The van der Waals surface area contributed by atoms with Gasteiger partial charge in [-0.15, -0.1) is 12.4 Å². The Hall–Kier alpha value is -0.490. The van der Waals surface area contributed by atoms with Gasteiger partial charge in [0, 0.05) is 17.5 Å². The first-order chi connectivity index (χ1) is 10.0. The molecule has 22 heavy (non-hydrogen) atoms. The van der Waals surface area contributed by atoms with Crippen LogP contribution in [0.5, 0.6) is 5.75 Å². The van der Waals surface area contributed by atoms with E-state index in [4.69, 9.17) is 22.1 Å². The number of nitrogens with two attached hydrogens (primary N) is 1. The minimum atomic E-state index is -0.0486. The van der Waals surface area contributed by atoms with Gasteiger partial charge in [-0.2, -0.15) is 0 Å². The summed E-state index contributed by atoms with van der Waals surface area (Å²) in [7, 11) is 0. The lowest BCUT2D eigenvalue weighted by Crippen LogP contribution is -2.28. The lowest BCUT2D eigenvalue weighted by Gasteiger charge is -2.17. The van der Waals surface area contributed by atoms with Crippen LogP contribution in [-0.4, -0.2) is 18.6 Å². The molecule has 1 fully saturated rings. The van der Waals surface area contributed by atoms with E-state index >= 15 is 0 Å². The number of benzene rings is 1. The molecule has 0 spiro atoms. The monoisotopic (exact) mass is 410 g/mol. The van der Waals surface area contributed by atoms with Crippen LogP contribution in [0.15, 0.2) is 16.6 Å². The van der Waals surface area contributed by atoms with E-state index in [2.05, 4.69) is 21.2 Å². The van der Waals surface area contributed by atoms with Gasteiger partial charge in [0.15, 0.2) is 5.75 Å². The van der Waals surface area contributed by atoms with Gasteiger partial charge in [-0.25, -0.2) is 0 Å². The predicted molar refractivity (Wildman–Crippen MR) is 96.1 cm³/mol. The zero-order chi connectivity index (χ0) is 15.4. The molecule has 1 saturated carbocycles. The molecule has 1 aromatic carbocycles. The van der Waals surface area contributed by atoms with Crippen LogP contribution in [0.25, 0.3) is 0 Å². The van der Waals surface area contributed by atoms with Gasteiger partial charge in [-0.3, -0.25) is 4.79 Å². The number of anilines is 1. The van der Waals surface area contributed by atoms with Crippen molar-refractivity contribution in [1.29, 1.82) is 0 Å². The average molecular weight is 412 g/mol. The zero-order valence-electron chi connectivity index (χ0n) is 12.4. The summed E-state index contributed by atoms with van der Waals surface area (Å²) in [4.78, 5) is 12.2. The Morgan fingerprint density at radius 2 is 2.23 bits per heavy atom. The van der Waals surface area contributed by atoms with Crippen molar-refractivity contribution < 1.29 is 9.53 Å².